The SMILES string of the molecule is C=C(O)C(=N)/C(C)=C\C=C(C)C.CC.CC.CCCCCCN=C(C)Nc1c(CN)cc(C)cc1C(=O)NC. The van der Waals surface area contributed by atoms with E-state index in [1.807, 2.05) is 73.6 Å². The van der Waals surface area contributed by atoms with Gasteiger partial charge in [0.1, 0.15) is 5.76 Å². The second kappa shape index (κ2) is 25.1. The third-order valence-electron chi connectivity index (χ3n) is 5.07. The van der Waals surface area contributed by atoms with Crippen LogP contribution in [0, 0.1) is 12.3 Å². The summed E-state index contributed by atoms with van der Waals surface area (Å²) in [7, 11) is 1.63. The standard InChI is InChI=1S/C18H30N4O.C10H15NO.2C2H6/c1-5-6-7-8-9-21-14(3)22-17-15(12-19)10-13(2)11-16(17)18(23)20-4;1-7(2)5-6-8(3)10(11)9(4)12;2*1-2/h10-11H,5-9,12,19H2,1-4H3,(H,20,23)(H,21,22);5-6,11-12H,4H2,1-3H3;2*1-2H3/b;8-6-,11-10?;;. The summed E-state index contributed by atoms with van der Waals surface area (Å²) in [4.78, 5) is 16.7. The molecule has 7 nitrogen and oxygen atoms in total. The van der Waals surface area contributed by atoms with Crippen molar-refractivity contribution in [1.29, 1.82) is 5.41 Å². The van der Waals surface area contributed by atoms with Gasteiger partial charge in [-0.1, -0.05) is 84.3 Å². The van der Waals surface area contributed by atoms with Gasteiger partial charge in [0.15, 0.2) is 0 Å². The number of allylic oxidation sites excluding steroid dienone is 4. The number of carbonyl (C=O) groups is 1. The maximum Gasteiger partial charge on any atom is 0.253 e. The van der Waals surface area contributed by atoms with Crippen LogP contribution in [0.4, 0.5) is 5.69 Å². The third kappa shape index (κ3) is 18.7. The fourth-order valence-electron chi connectivity index (χ4n) is 3.09. The molecule has 1 rings (SSSR count). The van der Waals surface area contributed by atoms with Crippen molar-refractivity contribution in [2.45, 2.75) is 101 Å². The summed E-state index contributed by atoms with van der Waals surface area (Å²) in [6.07, 6.45) is 8.45. The van der Waals surface area contributed by atoms with Crippen molar-refractivity contribution in [3.8, 4) is 0 Å². The average Bonchev–Trinajstić information content (AvgIpc) is 2.93. The lowest BCUT2D eigenvalue weighted by Gasteiger charge is -2.16. The number of anilines is 1. The van der Waals surface area contributed by atoms with Gasteiger partial charge in [0.05, 0.1) is 22.8 Å². The number of hydrogen-bond acceptors (Lipinski definition) is 5. The highest BCUT2D eigenvalue weighted by Crippen LogP contribution is 2.23. The van der Waals surface area contributed by atoms with Crippen LogP contribution in [0.15, 0.2) is 52.8 Å². The molecule has 0 atom stereocenters. The highest BCUT2D eigenvalue weighted by molar-refractivity contribution is 6.08. The van der Waals surface area contributed by atoms with E-state index in [0.29, 0.717) is 17.7 Å². The van der Waals surface area contributed by atoms with Crippen molar-refractivity contribution in [1.82, 2.24) is 5.32 Å². The second-order valence-corrected chi connectivity index (χ2v) is 8.70. The van der Waals surface area contributed by atoms with E-state index >= 15 is 0 Å². The van der Waals surface area contributed by atoms with Crippen LogP contribution in [-0.2, 0) is 6.54 Å². The number of nitrogens with one attached hydrogen (secondary N) is 3. The zero-order valence-electron chi connectivity index (χ0n) is 26.6. The fourth-order valence-corrected chi connectivity index (χ4v) is 3.09. The normalized spacial score (nSPS) is 10.4. The number of nitrogens with two attached hydrogens (primary N) is 1. The van der Waals surface area contributed by atoms with E-state index in [4.69, 9.17) is 16.2 Å². The number of amidine groups is 1. The molecule has 1 amide bonds. The quantitative estimate of drug-likeness (QED) is 0.0633. The topological polar surface area (TPSA) is 124 Å². The predicted octanol–water partition coefficient (Wildman–Crippen LogP) is 8.27. The van der Waals surface area contributed by atoms with Gasteiger partial charge in [0.2, 0.25) is 0 Å². The molecule has 39 heavy (non-hydrogen) atoms. The monoisotopic (exact) mass is 543 g/mol. The van der Waals surface area contributed by atoms with E-state index in [0.717, 1.165) is 41.2 Å². The van der Waals surface area contributed by atoms with Gasteiger partial charge in [-0.2, -0.15) is 0 Å². The maximum atomic E-state index is 12.1. The number of nitrogens with zero attached hydrogens (tertiary/aromatic N) is 1. The molecule has 0 aliphatic rings. The molecule has 0 aromatic heterocycles. The van der Waals surface area contributed by atoms with Crippen LogP contribution in [0.5, 0.6) is 0 Å². The van der Waals surface area contributed by atoms with Crippen LogP contribution in [0.25, 0.3) is 0 Å². The largest absolute Gasteiger partial charge is 0.506 e. The van der Waals surface area contributed by atoms with Gasteiger partial charge in [-0.3, -0.25) is 15.2 Å². The molecule has 0 aliphatic heterocycles. The Kier molecular flexibility index (Phi) is 26.0. The molecular formula is C32H57N5O2. The zero-order valence-corrected chi connectivity index (χ0v) is 26.6. The zero-order chi connectivity index (χ0) is 31.0. The van der Waals surface area contributed by atoms with Crippen LogP contribution in [0.3, 0.4) is 0 Å². The lowest BCUT2D eigenvalue weighted by Crippen LogP contribution is -2.22. The molecule has 0 saturated carbocycles. The van der Waals surface area contributed by atoms with Gasteiger partial charge < -0.3 is 21.5 Å². The van der Waals surface area contributed by atoms with Crippen LogP contribution in [-0.4, -0.2) is 36.2 Å². The highest BCUT2D eigenvalue weighted by Gasteiger charge is 2.15. The third-order valence-corrected chi connectivity index (χ3v) is 5.07. The number of aliphatic imine (C=N–C) groups is 1. The van der Waals surface area contributed by atoms with Crippen molar-refractivity contribution in [2.75, 3.05) is 18.9 Å². The van der Waals surface area contributed by atoms with Crippen molar-refractivity contribution in [2.24, 2.45) is 10.7 Å². The highest BCUT2D eigenvalue weighted by atomic mass is 16.3. The summed E-state index contributed by atoms with van der Waals surface area (Å²) >= 11 is 0. The Morgan fingerprint density at radius 2 is 1.67 bits per heavy atom. The minimum atomic E-state index is -0.189. The Morgan fingerprint density at radius 3 is 2.13 bits per heavy atom. The molecule has 0 fully saturated rings. The van der Waals surface area contributed by atoms with E-state index in [1.165, 1.54) is 19.3 Å². The smallest absolute Gasteiger partial charge is 0.253 e. The first-order valence-electron chi connectivity index (χ1n) is 14.1. The molecule has 0 bridgehead atoms. The summed E-state index contributed by atoms with van der Waals surface area (Å²) < 4.78 is 0. The van der Waals surface area contributed by atoms with E-state index in [-0.39, 0.29) is 17.4 Å². The summed E-state index contributed by atoms with van der Waals surface area (Å²) in [6, 6.07) is 3.87. The van der Waals surface area contributed by atoms with Crippen LogP contribution in [0.2, 0.25) is 0 Å². The van der Waals surface area contributed by atoms with Crippen LogP contribution >= 0.6 is 0 Å². The molecule has 1 aromatic carbocycles. The van der Waals surface area contributed by atoms with Crippen molar-refractivity contribution in [3.63, 3.8) is 0 Å². The Morgan fingerprint density at radius 1 is 1.08 bits per heavy atom. The molecule has 0 radical (unpaired) electrons. The molecule has 0 unspecified atom stereocenters. The lowest BCUT2D eigenvalue weighted by molar-refractivity contribution is 0.0963. The van der Waals surface area contributed by atoms with Crippen LogP contribution in [0.1, 0.15) is 109 Å². The van der Waals surface area contributed by atoms with Crippen LogP contribution < -0.4 is 16.4 Å². The molecule has 0 aliphatic carbocycles. The first-order chi connectivity index (χ1) is 18.5. The fraction of sp³-hybridized carbons (Fsp3) is 0.531. The Balaban J connectivity index is -0.000000684. The Hall–Kier alpha value is -3.19. The average molecular weight is 544 g/mol. The number of carbonyl (C=O) groups excluding carboxylic acids is 1. The second-order valence-electron chi connectivity index (χ2n) is 8.70. The van der Waals surface area contributed by atoms with Gasteiger partial charge in [0, 0.05) is 20.1 Å². The first-order valence-corrected chi connectivity index (χ1v) is 14.1. The first kappa shape index (κ1) is 40.3. The number of rotatable bonds is 11. The summed E-state index contributed by atoms with van der Waals surface area (Å²) in [5.41, 5.74) is 11.1. The molecular weight excluding hydrogens is 486 g/mol. The number of amides is 1. The predicted molar refractivity (Wildman–Crippen MR) is 174 cm³/mol. The Labute approximate surface area is 239 Å². The molecule has 6 N–H and O–H groups in total. The summed E-state index contributed by atoms with van der Waals surface area (Å²) in [6.45, 7) is 24.2. The van der Waals surface area contributed by atoms with Crippen molar-refractivity contribution < 1.29 is 9.90 Å². The molecule has 0 spiro atoms. The van der Waals surface area contributed by atoms with E-state index in [2.05, 4.69) is 29.1 Å². The molecule has 0 heterocycles. The number of aliphatic hydroxyl groups excluding tert-OH is 1. The maximum absolute atomic E-state index is 12.1. The van der Waals surface area contributed by atoms with Gasteiger partial charge >= 0.3 is 0 Å². The lowest BCUT2D eigenvalue weighted by atomic mass is 10.0. The number of benzene rings is 1. The minimum Gasteiger partial charge on any atom is -0.506 e. The van der Waals surface area contributed by atoms with E-state index in [1.54, 1.807) is 20.0 Å². The number of aliphatic hydroxyl groups is 1. The molecule has 1 aromatic rings. The summed E-state index contributed by atoms with van der Waals surface area (Å²) in [5, 5.41) is 22.2. The van der Waals surface area contributed by atoms with Gasteiger partial charge in [-0.05, 0) is 63.8 Å². The molecule has 0 saturated heterocycles. The Bertz CT molecular complexity index is 956. The molecule has 7 heteroatoms. The van der Waals surface area contributed by atoms with E-state index < -0.39 is 0 Å². The van der Waals surface area contributed by atoms with Crippen molar-refractivity contribution >= 4 is 23.1 Å². The number of hydrogen-bond donors (Lipinski definition) is 5. The number of aryl methyl sites for hydroxylation is 1. The summed E-state index contributed by atoms with van der Waals surface area (Å²) in [5.74, 6) is 0.498. The van der Waals surface area contributed by atoms with Gasteiger partial charge in [0.25, 0.3) is 5.91 Å². The van der Waals surface area contributed by atoms with Gasteiger partial charge in [-0.25, -0.2) is 0 Å². The van der Waals surface area contributed by atoms with Gasteiger partial charge in [-0.15, -0.1) is 0 Å². The van der Waals surface area contributed by atoms with E-state index in [9.17, 15) is 4.79 Å². The van der Waals surface area contributed by atoms with Crippen molar-refractivity contribution in [3.05, 3.63) is 64.5 Å². The minimum absolute atomic E-state index is 0.0903. The molecule has 222 valence electrons. The number of unbranched alkanes of at least 4 members (excludes halogenated alkanes) is 3.